The number of aromatic nitrogens is 2. The molecule has 5 nitrogen and oxygen atoms in total. The number of nitriles is 1. The van der Waals surface area contributed by atoms with Crippen LogP contribution in [-0.4, -0.2) is 16.8 Å². The number of rotatable bonds is 2. The van der Waals surface area contributed by atoms with E-state index in [2.05, 4.69) is 16.0 Å². The quantitative estimate of drug-likeness (QED) is 0.789. The van der Waals surface area contributed by atoms with E-state index in [1.165, 1.54) is 0 Å². The molecule has 2 aliphatic rings. The Morgan fingerprint density at radius 3 is 2.96 bits per heavy atom. The zero-order valence-corrected chi connectivity index (χ0v) is 12.2. The van der Waals surface area contributed by atoms with Crippen molar-refractivity contribution in [1.29, 1.82) is 5.26 Å². The van der Waals surface area contributed by atoms with E-state index in [1.807, 2.05) is 42.5 Å². The Labute approximate surface area is 132 Å². The molecule has 2 heterocycles. The average Bonchev–Trinajstić information content (AvgIpc) is 2.95. The minimum atomic E-state index is -0.611. The topological polar surface area (TPSA) is 70.9 Å². The molecule has 2 atom stereocenters. The summed E-state index contributed by atoms with van der Waals surface area (Å²) in [5, 5.41) is 9.83. The maximum atomic E-state index is 9.83. The lowest BCUT2D eigenvalue weighted by Crippen LogP contribution is -2.09. The number of hydrogen-bond donors (Lipinski definition) is 1. The van der Waals surface area contributed by atoms with E-state index in [-0.39, 0.29) is 12.7 Å². The normalized spacial score (nSPS) is 24.6. The summed E-state index contributed by atoms with van der Waals surface area (Å²) < 4.78 is 11.0. The van der Waals surface area contributed by atoms with Crippen LogP contribution in [0, 0.1) is 11.3 Å². The molecule has 0 unspecified atom stereocenters. The summed E-state index contributed by atoms with van der Waals surface area (Å²) in [6.07, 6.45) is 0.739. The summed E-state index contributed by atoms with van der Waals surface area (Å²) in [6.45, 7) is 0.239. The second-order valence-electron chi connectivity index (χ2n) is 6.02. The maximum Gasteiger partial charge on any atom is 0.231 e. The number of hydrogen-bond acceptors (Lipinski definition) is 4. The van der Waals surface area contributed by atoms with Gasteiger partial charge in [-0.1, -0.05) is 24.3 Å². The molecule has 112 valence electrons. The molecule has 1 aromatic heterocycles. The van der Waals surface area contributed by atoms with Crippen molar-refractivity contribution in [3.05, 3.63) is 53.9 Å². The van der Waals surface area contributed by atoms with E-state index in [0.29, 0.717) is 0 Å². The van der Waals surface area contributed by atoms with Crippen molar-refractivity contribution < 1.29 is 9.47 Å². The van der Waals surface area contributed by atoms with Crippen molar-refractivity contribution in [2.45, 2.75) is 17.8 Å². The van der Waals surface area contributed by atoms with Gasteiger partial charge in [0.2, 0.25) is 6.79 Å². The van der Waals surface area contributed by atoms with Gasteiger partial charge in [-0.3, -0.25) is 0 Å². The highest BCUT2D eigenvalue weighted by Gasteiger charge is 2.60. The van der Waals surface area contributed by atoms with Crippen molar-refractivity contribution in [3.63, 3.8) is 0 Å². The third-order valence-corrected chi connectivity index (χ3v) is 4.77. The van der Waals surface area contributed by atoms with Gasteiger partial charge in [0.05, 0.1) is 17.1 Å². The van der Waals surface area contributed by atoms with Crippen molar-refractivity contribution >= 4 is 11.0 Å². The number of H-pyrrole nitrogens is 1. The molecule has 1 aliphatic carbocycles. The molecule has 23 heavy (non-hydrogen) atoms. The fourth-order valence-electron chi connectivity index (χ4n) is 3.47. The predicted octanol–water partition coefficient (Wildman–Crippen LogP) is 3.24. The number of ether oxygens (including phenoxy) is 2. The molecule has 1 aliphatic heterocycles. The summed E-state index contributed by atoms with van der Waals surface area (Å²) in [5.41, 5.74) is 2.27. The molecule has 1 fully saturated rings. The lowest BCUT2D eigenvalue weighted by atomic mass is 9.99. The van der Waals surface area contributed by atoms with Crippen LogP contribution in [0.15, 0.2) is 42.5 Å². The molecule has 5 rings (SSSR count). The number of imidazole rings is 1. The van der Waals surface area contributed by atoms with Crippen molar-refractivity contribution in [3.8, 4) is 17.6 Å². The highest BCUT2D eigenvalue weighted by atomic mass is 16.7. The largest absolute Gasteiger partial charge is 0.454 e. The molecule has 0 spiro atoms. The number of para-hydroxylation sites is 3. The Hall–Kier alpha value is -3.00. The SMILES string of the molecule is N#C[C@@]1(c2nc3ccccc3[nH]2)C[C@H]1c1cccc2c1OCO2. The first kappa shape index (κ1) is 12.5. The van der Waals surface area contributed by atoms with Crippen LogP contribution >= 0.6 is 0 Å². The summed E-state index contributed by atoms with van der Waals surface area (Å²) in [7, 11) is 0. The van der Waals surface area contributed by atoms with E-state index in [1.54, 1.807) is 0 Å². The molecule has 0 amide bonds. The van der Waals surface area contributed by atoms with Crippen molar-refractivity contribution in [2.24, 2.45) is 0 Å². The van der Waals surface area contributed by atoms with Crippen LogP contribution in [0.25, 0.3) is 11.0 Å². The van der Waals surface area contributed by atoms with Crippen molar-refractivity contribution in [1.82, 2.24) is 9.97 Å². The number of benzene rings is 2. The van der Waals surface area contributed by atoms with Gasteiger partial charge in [0.25, 0.3) is 0 Å². The fraction of sp³-hybridized carbons (Fsp3) is 0.222. The molecule has 1 N–H and O–H groups in total. The minimum Gasteiger partial charge on any atom is -0.454 e. The van der Waals surface area contributed by atoms with Gasteiger partial charge in [0.15, 0.2) is 11.5 Å². The zero-order chi connectivity index (χ0) is 15.4. The number of nitrogens with zero attached hydrogens (tertiary/aromatic N) is 2. The predicted molar refractivity (Wildman–Crippen MR) is 83.3 cm³/mol. The van der Waals surface area contributed by atoms with Crippen LogP contribution in [0.5, 0.6) is 11.5 Å². The van der Waals surface area contributed by atoms with Gasteiger partial charge in [-0.25, -0.2) is 4.98 Å². The van der Waals surface area contributed by atoms with Gasteiger partial charge in [0.1, 0.15) is 11.2 Å². The third-order valence-electron chi connectivity index (χ3n) is 4.77. The molecule has 2 aromatic carbocycles. The Kier molecular flexibility index (Phi) is 2.32. The van der Waals surface area contributed by atoms with Crippen LogP contribution in [0.2, 0.25) is 0 Å². The Morgan fingerprint density at radius 2 is 2.09 bits per heavy atom. The molecule has 5 heteroatoms. The van der Waals surface area contributed by atoms with Crippen molar-refractivity contribution in [2.75, 3.05) is 6.79 Å². The highest BCUT2D eigenvalue weighted by Crippen LogP contribution is 2.62. The zero-order valence-electron chi connectivity index (χ0n) is 12.2. The Morgan fingerprint density at radius 1 is 1.17 bits per heavy atom. The molecule has 0 saturated heterocycles. The Bertz CT molecular complexity index is 939. The first-order valence-electron chi connectivity index (χ1n) is 7.57. The summed E-state index contributed by atoms with van der Waals surface area (Å²) in [6, 6.07) is 16.2. The standard InChI is InChI=1S/C18H13N3O2/c19-9-18(17-20-13-5-1-2-6-14(13)21-17)8-12(18)11-4-3-7-15-16(11)23-10-22-15/h1-7,12H,8,10H2,(H,20,21)/t12-,18-/m0/s1. The van der Waals surface area contributed by atoms with E-state index in [0.717, 1.165) is 40.3 Å². The van der Waals surface area contributed by atoms with Gasteiger partial charge in [-0.2, -0.15) is 5.26 Å². The summed E-state index contributed by atoms with van der Waals surface area (Å²) in [4.78, 5) is 7.95. The smallest absolute Gasteiger partial charge is 0.231 e. The van der Waals surface area contributed by atoms with Gasteiger partial charge in [0, 0.05) is 11.5 Å². The first-order valence-corrected chi connectivity index (χ1v) is 7.57. The van der Waals surface area contributed by atoms with E-state index >= 15 is 0 Å². The maximum absolute atomic E-state index is 9.83. The summed E-state index contributed by atoms with van der Waals surface area (Å²) >= 11 is 0. The van der Waals surface area contributed by atoms with E-state index in [4.69, 9.17) is 9.47 Å². The number of fused-ring (bicyclic) bond motifs is 2. The van der Waals surface area contributed by atoms with Crippen LogP contribution in [-0.2, 0) is 5.41 Å². The third kappa shape index (κ3) is 1.63. The lowest BCUT2D eigenvalue weighted by molar-refractivity contribution is 0.173. The molecule has 1 saturated carbocycles. The van der Waals surface area contributed by atoms with Crippen LogP contribution in [0.1, 0.15) is 23.7 Å². The highest BCUT2D eigenvalue weighted by molar-refractivity contribution is 5.75. The lowest BCUT2D eigenvalue weighted by Gasteiger charge is -2.08. The van der Waals surface area contributed by atoms with E-state index in [9.17, 15) is 5.26 Å². The molecule has 0 radical (unpaired) electrons. The monoisotopic (exact) mass is 303 g/mol. The van der Waals surface area contributed by atoms with Gasteiger partial charge in [-0.15, -0.1) is 0 Å². The fourth-order valence-corrected chi connectivity index (χ4v) is 3.47. The Balaban J connectivity index is 1.60. The second kappa shape index (κ2) is 4.26. The minimum absolute atomic E-state index is 0.0738. The van der Waals surface area contributed by atoms with Crippen LogP contribution < -0.4 is 9.47 Å². The number of aromatic amines is 1. The molecule has 0 bridgehead atoms. The van der Waals surface area contributed by atoms with Gasteiger partial charge >= 0.3 is 0 Å². The summed E-state index contributed by atoms with van der Waals surface area (Å²) in [5.74, 6) is 2.34. The van der Waals surface area contributed by atoms with Crippen LogP contribution in [0.3, 0.4) is 0 Å². The van der Waals surface area contributed by atoms with Gasteiger partial charge < -0.3 is 14.5 Å². The van der Waals surface area contributed by atoms with Gasteiger partial charge in [-0.05, 0) is 24.6 Å². The molecule has 3 aromatic rings. The van der Waals surface area contributed by atoms with E-state index < -0.39 is 5.41 Å². The number of nitrogens with one attached hydrogen (secondary N) is 1. The first-order chi connectivity index (χ1) is 11.3. The average molecular weight is 303 g/mol. The second-order valence-corrected chi connectivity index (χ2v) is 6.02. The van der Waals surface area contributed by atoms with Crippen LogP contribution in [0.4, 0.5) is 0 Å². The molecular formula is C18H13N3O2. The molecular weight excluding hydrogens is 290 g/mol.